The van der Waals surface area contributed by atoms with Gasteiger partial charge in [0.05, 0.1) is 31.5 Å². The first-order valence-corrected chi connectivity index (χ1v) is 7.86. The van der Waals surface area contributed by atoms with Crippen molar-refractivity contribution in [3.8, 4) is 0 Å². The number of nitrogens with one attached hydrogen (secondary N) is 1. The summed E-state index contributed by atoms with van der Waals surface area (Å²) in [7, 11) is -4.13. The average molecular weight is 297 g/mol. The molecule has 0 rings (SSSR count). The van der Waals surface area contributed by atoms with Crippen molar-refractivity contribution in [2.75, 3.05) is 38.7 Å². The minimum absolute atomic E-state index is 0.294. The standard InChI is InChI=1S/C11H23NO6S/c1-3-5-17-7-8-18-6-4-12-11(13)10(2)9-19(14,15)16/h10H,3-9H2,1-2H3,(H,12,13)(H,14,15,16)/t10-/m1/s1. The van der Waals surface area contributed by atoms with E-state index in [0.717, 1.165) is 6.42 Å². The Morgan fingerprint density at radius 3 is 2.32 bits per heavy atom. The van der Waals surface area contributed by atoms with Gasteiger partial charge >= 0.3 is 0 Å². The van der Waals surface area contributed by atoms with E-state index in [4.69, 9.17) is 14.0 Å². The lowest BCUT2D eigenvalue weighted by Gasteiger charge is -2.10. The maximum absolute atomic E-state index is 11.4. The Hall–Kier alpha value is -0.700. The number of hydrogen-bond acceptors (Lipinski definition) is 5. The summed E-state index contributed by atoms with van der Waals surface area (Å²) in [5, 5.41) is 2.53. The molecule has 0 aliphatic rings. The molecule has 0 aromatic rings. The monoisotopic (exact) mass is 297 g/mol. The molecule has 0 saturated carbocycles. The second-order valence-electron chi connectivity index (χ2n) is 4.17. The summed E-state index contributed by atoms with van der Waals surface area (Å²) in [5.41, 5.74) is 0. The highest BCUT2D eigenvalue weighted by Crippen LogP contribution is 1.99. The topological polar surface area (TPSA) is 102 Å². The molecule has 1 amide bonds. The van der Waals surface area contributed by atoms with E-state index in [1.54, 1.807) is 0 Å². The van der Waals surface area contributed by atoms with E-state index in [-0.39, 0.29) is 0 Å². The first-order chi connectivity index (χ1) is 8.87. The van der Waals surface area contributed by atoms with Crippen molar-refractivity contribution >= 4 is 16.0 Å². The zero-order chi connectivity index (χ0) is 14.7. The zero-order valence-corrected chi connectivity index (χ0v) is 12.2. The van der Waals surface area contributed by atoms with Crippen LogP contribution in [-0.4, -0.2) is 57.6 Å². The second kappa shape index (κ2) is 10.1. The van der Waals surface area contributed by atoms with Gasteiger partial charge in [0.1, 0.15) is 0 Å². The molecule has 7 nitrogen and oxygen atoms in total. The van der Waals surface area contributed by atoms with Gasteiger partial charge in [-0.1, -0.05) is 13.8 Å². The van der Waals surface area contributed by atoms with Gasteiger partial charge in [-0.2, -0.15) is 8.42 Å². The zero-order valence-electron chi connectivity index (χ0n) is 11.4. The van der Waals surface area contributed by atoms with Crippen LogP contribution in [0, 0.1) is 5.92 Å². The Balaban J connectivity index is 3.53. The Morgan fingerprint density at radius 2 is 1.79 bits per heavy atom. The first kappa shape index (κ1) is 18.3. The number of carbonyl (C=O) groups excluding carboxylic acids is 1. The predicted molar refractivity (Wildman–Crippen MR) is 70.5 cm³/mol. The van der Waals surface area contributed by atoms with Gasteiger partial charge in [-0.3, -0.25) is 9.35 Å². The fourth-order valence-electron chi connectivity index (χ4n) is 1.28. The third kappa shape index (κ3) is 12.1. The largest absolute Gasteiger partial charge is 0.379 e. The van der Waals surface area contributed by atoms with Gasteiger partial charge in [-0.05, 0) is 6.42 Å². The minimum atomic E-state index is -4.13. The molecule has 0 bridgehead atoms. The lowest BCUT2D eigenvalue weighted by Crippen LogP contribution is -2.35. The molecule has 0 aromatic carbocycles. The van der Waals surface area contributed by atoms with Crippen molar-refractivity contribution in [3.63, 3.8) is 0 Å². The lowest BCUT2D eigenvalue weighted by molar-refractivity contribution is -0.124. The molecule has 0 saturated heterocycles. The molecule has 0 fully saturated rings. The molecule has 114 valence electrons. The summed E-state index contributed by atoms with van der Waals surface area (Å²) in [6, 6.07) is 0. The number of hydrogen-bond donors (Lipinski definition) is 2. The van der Waals surface area contributed by atoms with Crippen LogP contribution in [0.3, 0.4) is 0 Å². The summed E-state index contributed by atoms with van der Waals surface area (Å²) in [6.45, 7) is 5.75. The number of ether oxygens (including phenoxy) is 2. The summed E-state index contributed by atoms with van der Waals surface area (Å²) in [5.74, 6) is -1.80. The second-order valence-corrected chi connectivity index (χ2v) is 5.66. The Morgan fingerprint density at radius 1 is 1.21 bits per heavy atom. The number of rotatable bonds is 11. The molecule has 19 heavy (non-hydrogen) atoms. The summed E-state index contributed by atoms with van der Waals surface area (Å²) < 4.78 is 40.2. The van der Waals surface area contributed by atoms with E-state index in [2.05, 4.69) is 5.32 Å². The van der Waals surface area contributed by atoms with E-state index < -0.39 is 27.7 Å². The van der Waals surface area contributed by atoms with Gasteiger partial charge < -0.3 is 14.8 Å². The maximum Gasteiger partial charge on any atom is 0.265 e. The van der Waals surface area contributed by atoms with Crippen LogP contribution in [0.25, 0.3) is 0 Å². The molecule has 1 atom stereocenters. The molecule has 0 unspecified atom stereocenters. The van der Waals surface area contributed by atoms with E-state index in [1.165, 1.54) is 6.92 Å². The van der Waals surface area contributed by atoms with E-state index in [9.17, 15) is 13.2 Å². The fraction of sp³-hybridized carbons (Fsp3) is 0.909. The van der Waals surface area contributed by atoms with Gasteiger partial charge in [0.25, 0.3) is 10.1 Å². The molecule has 0 spiro atoms. The van der Waals surface area contributed by atoms with Gasteiger partial charge in [-0.25, -0.2) is 0 Å². The van der Waals surface area contributed by atoms with Crippen LogP contribution < -0.4 is 5.32 Å². The van der Waals surface area contributed by atoms with Crippen LogP contribution >= 0.6 is 0 Å². The molecule has 0 radical (unpaired) electrons. The highest BCUT2D eigenvalue weighted by Gasteiger charge is 2.18. The number of carbonyl (C=O) groups is 1. The van der Waals surface area contributed by atoms with Crippen LogP contribution in [-0.2, 0) is 24.4 Å². The average Bonchev–Trinajstić information content (AvgIpc) is 2.30. The maximum atomic E-state index is 11.4. The minimum Gasteiger partial charge on any atom is -0.379 e. The summed E-state index contributed by atoms with van der Waals surface area (Å²) >= 11 is 0. The molecule has 0 aromatic heterocycles. The van der Waals surface area contributed by atoms with Crippen molar-refractivity contribution in [1.82, 2.24) is 5.32 Å². The van der Waals surface area contributed by atoms with E-state index >= 15 is 0 Å². The molecule has 2 N–H and O–H groups in total. The van der Waals surface area contributed by atoms with Crippen molar-refractivity contribution in [1.29, 1.82) is 0 Å². The summed E-state index contributed by atoms with van der Waals surface area (Å²) in [6.07, 6.45) is 0.960. The normalized spacial score (nSPS) is 13.2. The van der Waals surface area contributed by atoms with Crippen LogP contribution in [0.15, 0.2) is 0 Å². The third-order valence-electron chi connectivity index (χ3n) is 2.17. The first-order valence-electron chi connectivity index (χ1n) is 6.25. The fourth-order valence-corrected chi connectivity index (χ4v) is 2.06. The molecular weight excluding hydrogens is 274 g/mol. The van der Waals surface area contributed by atoms with Crippen LogP contribution in [0.2, 0.25) is 0 Å². The van der Waals surface area contributed by atoms with E-state index in [1.807, 2.05) is 6.92 Å². The van der Waals surface area contributed by atoms with Crippen molar-refractivity contribution in [3.05, 3.63) is 0 Å². The Bertz CT molecular complexity index is 343. The predicted octanol–water partition coefficient (Wildman–Crippen LogP) is 0.0697. The molecular formula is C11H23NO6S. The third-order valence-corrected chi connectivity index (χ3v) is 3.10. The van der Waals surface area contributed by atoms with Gasteiger partial charge in [0, 0.05) is 13.2 Å². The lowest BCUT2D eigenvalue weighted by atomic mass is 10.2. The van der Waals surface area contributed by atoms with E-state index in [0.29, 0.717) is 33.0 Å². The number of amides is 1. The highest BCUT2D eigenvalue weighted by molar-refractivity contribution is 7.85. The van der Waals surface area contributed by atoms with Crippen LogP contribution in [0.5, 0.6) is 0 Å². The van der Waals surface area contributed by atoms with Crippen molar-refractivity contribution in [2.45, 2.75) is 20.3 Å². The Kier molecular flexibility index (Phi) is 9.76. The van der Waals surface area contributed by atoms with Gasteiger partial charge in [0.2, 0.25) is 5.91 Å². The van der Waals surface area contributed by atoms with Gasteiger partial charge in [-0.15, -0.1) is 0 Å². The Labute approximate surface area is 114 Å². The summed E-state index contributed by atoms with van der Waals surface area (Å²) in [4.78, 5) is 11.4. The molecule has 8 heteroatoms. The molecule has 0 aliphatic carbocycles. The highest BCUT2D eigenvalue weighted by atomic mass is 32.2. The molecule has 0 heterocycles. The van der Waals surface area contributed by atoms with Crippen molar-refractivity contribution < 1.29 is 27.2 Å². The quantitative estimate of drug-likeness (QED) is 0.413. The molecule has 0 aliphatic heterocycles. The SMILES string of the molecule is CCCOCCOCCNC(=O)[C@H](C)CS(=O)(=O)O. The van der Waals surface area contributed by atoms with Crippen LogP contribution in [0.1, 0.15) is 20.3 Å². The van der Waals surface area contributed by atoms with Gasteiger partial charge in [0.15, 0.2) is 0 Å². The van der Waals surface area contributed by atoms with Crippen molar-refractivity contribution in [2.24, 2.45) is 5.92 Å². The van der Waals surface area contributed by atoms with Crippen LogP contribution in [0.4, 0.5) is 0 Å². The smallest absolute Gasteiger partial charge is 0.265 e.